The number of sulfonamides is 1. The molecule has 1 N–H and O–H groups in total. The predicted octanol–water partition coefficient (Wildman–Crippen LogP) is 5.63. The number of unbranched alkanes of at least 4 members (excludes halogenated alkanes) is 1. The van der Waals surface area contributed by atoms with E-state index < -0.39 is 27.7 Å². The summed E-state index contributed by atoms with van der Waals surface area (Å²) in [6, 6.07) is 7.36. The monoisotopic (exact) mass is 498 g/mol. The Bertz CT molecular complexity index is 1130. The summed E-state index contributed by atoms with van der Waals surface area (Å²) >= 11 is 0. The number of benzene rings is 2. The van der Waals surface area contributed by atoms with Gasteiger partial charge >= 0.3 is 12.1 Å². The first-order valence-corrected chi connectivity index (χ1v) is 12.8. The van der Waals surface area contributed by atoms with Crippen molar-refractivity contribution in [3.63, 3.8) is 0 Å². The summed E-state index contributed by atoms with van der Waals surface area (Å²) in [5, 5.41) is 0. The number of hydrogen-bond acceptors (Lipinski definition) is 5. The van der Waals surface area contributed by atoms with Gasteiger partial charge in [-0.1, -0.05) is 19.4 Å². The minimum atomic E-state index is -4.63. The van der Waals surface area contributed by atoms with E-state index in [1.165, 1.54) is 25.3 Å². The van der Waals surface area contributed by atoms with Crippen molar-refractivity contribution in [2.75, 3.05) is 29.8 Å². The van der Waals surface area contributed by atoms with Crippen LogP contribution in [0.15, 0.2) is 41.3 Å². The molecule has 0 saturated carbocycles. The molecule has 0 bridgehead atoms. The number of rotatable bonds is 8. The van der Waals surface area contributed by atoms with E-state index in [9.17, 15) is 26.4 Å². The number of aryl methyl sites for hydroxylation is 1. The van der Waals surface area contributed by atoms with Crippen LogP contribution in [0, 0.1) is 0 Å². The number of esters is 1. The Morgan fingerprint density at radius 1 is 1.09 bits per heavy atom. The van der Waals surface area contributed by atoms with E-state index in [2.05, 4.69) is 4.72 Å². The summed E-state index contributed by atoms with van der Waals surface area (Å²) in [5.41, 5.74) is -0.158. The molecule has 6 nitrogen and oxygen atoms in total. The molecule has 0 spiro atoms. The van der Waals surface area contributed by atoms with Crippen LogP contribution >= 0.6 is 0 Å². The highest BCUT2D eigenvalue weighted by Crippen LogP contribution is 2.37. The first kappa shape index (κ1) is 25.9. The van der Waals surface area contributed by atoms with Crippen LogP contribution in [-0.2, 0) is 27.4 Å². The van der Waals surface area contributed by atoms with Gasteiger partial charge in [-0.05, 0) is 68.0 Å². The fraction of sp³-hybridized carbons (Fsp3) is 0.458. The number of nitrogens with zero attached hydrogens (tertiary/aromatic N) is 1. The lowest BCUT2D eigenvalue weighted by molar-refractivity contribution is -0.137. The first-order valence-electron chi connectivity index (χ1n) is 11.3. The molecule has 1 saturated heterocycles. The molecule has 1 aliphatic rings. The average molecular weight is 499 g/mol. The summed E-state index contributed by atoms with van der Waals surface area (Å²) < 4.78 is 74.4. The topological polar surface area (TPSA) is 75.7 Å². The summed E-state index contributed by atoms with van der Waals surface area (Å²) in [6.45, 7) is 3.21. The average Bonchev–Trinajstić information content (AvgIpc) is 2.81. The van der Waals surface area contributed by atoms with Gasteiger partial charge in [0, 0.05) is 13.1 Å². The van der Waals surface area contributed by atoms with Gasteiger partial charge in [-0.15, -0.1) is 0 Å². The van der Waals surface area contributed by atoms with Crippen LogP contribution in [0.2, 0.25) is 0 Å². The highest BCUT2D eigenvalue weighted by molar-refractivity contribution is 7.92. The van der Waals surface area contributed by atoms with Gasteiger partial charge in [0.25, 0.3) is 10.0 Å². The summed E-state index contributed by atoms with van der Waals surface area (Å²) in [7, 11) is -3.13. The number of anilines is 2. The van der Waals surface area contributed by atoms with Gasteiger partial charge in [0.1, 0.15) is 0 Å². The smallest absolute Gasteiger partial charge is 0.416 e. The van der Waals surface area contributed by atoms with Crippen molar-refractivity contribution in [1.82, 2.24) is 0 Å². The fourth-order valence-corrected chi connectivity index (χ4v) is 5.39. The quantitative estimate of drug-likeness (QED) is 0.478. The van der Waals surface area contributed by atoms with E-state index in [0.717, 1.165) is 37.8 Å². The van der Waals surface area contributed by atoms with Gasteiger partial charge in [0.2, 0.25) is 0 Å². The normalized spacial score (nSPS) is 14.7. The Morgan fingerprint density at radius 3 is 2.41 bits per heavy atom. The van der Waals surface area contributed by atoms with Crippen LogP contribution < -0.4 is 9.62 Å². The van der Waals surface area contributed by atoms with Gasteiger partial charge in [0.05, 0.1) is 34.5 Å². The maximum absolute atomic E-state index is 13.5. The third-order valence-corrected chi connectivity index (χ3v) is 7.29. The van der Waals surface area contributed by atoms with E-state index >= 15 is 0 Å². The number of ether oxygens (including phenoxy) is 1. The third kappa shape index (κ3) is 6.02. The van der Waals surface area contributed by atoms with E-state index in [1.54, 1.807) is 6.07 Å². The van der Waals surface area contributed by atoms with Gasteiger partial charge in [-0.2, -0.15) is 13.2 Å². The van der Waals surface area contributed by atoms with Crippen LogP contribution in [0.1, 0.15) is 60.5 Å². The minimum absolute atomic E-state index is 0.0448. The van der Waals surface area contributed by atoms with Crippen LogP contribution in [0.5, 0.6) is 0 Å². The molecule has 2 aromatic carbocycles. The summed E-state index contributed by atoms with van der Waals surface area (Å²) in [6.07, 6.45) is 0.0962. The van der Waals surface area contributed by atoms with Crippen LogP contribution in [0.25, 0.3) is 0 Å². The molecule has 186 valence electrons. The highest BCUT2D eigenvalue weighted by atomic mass is 32.2. The van der Waals surface area contributed by atoms with Gasteiger partial charge in [-0.25, -0.2) is 13.2 Å². The van der Waals surface area contributed by atoms with Crippen molar-refractivity contribution in [2.45, 2.75) is 56.5 Å². The Balaban J connectivity index is 2.09. The standard InChI is InChI=1S/C24H29F3N2O4S/c1-3-4-8-17-9-10-18(23(30)33-2)15-22(17)34(31,32)28-20-16-19(24(25,26)27)11-12-21(20)29-13-6-5-7-14-29/h9-12,15-16,28H,3-8,13-14H2,1-2H3. The zero-order chi connectivity index (χ0) is 24.9. The molecular weight excluding hydrogens is 469 g/mol. The number of nitrogens with one attached hydrogen (secondary N) is 1. The molecule has 2 aromatic rings. The number of methoxy groups -OCH3 is 1. The minimum Gasteiger partial charge on any atom is -0.465 e. The number of piperidine rings is 1. The Labute approximate surface area is 198 Å². The lowest BCUT2D eigenvalue weighted by atomic mass is 10.1. The number of carbonyl (C=O) groups excluding carboxylic acids is 1. The maximum Gasteiger partial charge on any atom is 0.416 e. The van der Waals surface area contributed by atoms with E-state index in [0.29, 0.717) is 37.2 Å². The Morgan fingerprint density at radius 2 is 1.79 bits per heavy atom. The molecule has 0 unspecified atom stereocenters. The van der Waals surface area contributed by atoms with Crippen molar-refractivity contribution < 1.29 is 31.1 Å². The lowest BCUT2D eigenvalue weighted by Gasteiger charge is -2.31. The first-order chi connectivity index (χ1) is 16.1. The molecule has 0 aliphatic carbocycles. The molecule has 1 aliphatic heterocycles. The number of alkyl halides is 3. The van der Waals surface area contributed by atoms with Crippen LogP contribution in [0.3, 0.4) is 0 Å². The molecule has 0 aromatic heterocycles. The molecule has 0 radical (unpaired) electrons. The lowest BCUT2D eigenvalue weighted by Crippen LogP contribution is -2.30. The largest absolute Gasteiger partial charge is 0.465 e. The highest BCUT2D eigenvalue weighted by Gasteiger charge is 2.32. The molecule has 0 amide bonds. The number of hydrogen-bond donors (Lipinski definition) is 1. The second-order valence-corrected chi connectivity index (χ2v) is 9.95. The second kappa shape index (κ2) is 10.7. The molecular formula is C24H29F3N2O4S. The SMILES string of the molecule is CCCCc1ccc(C(=O)OC)cc1S(=O)(=O)Nc1cc(C(F)(F)F)ccc1N1CCCCC1. The molecule has 10 heteroatoms. The third-order valence-electron chi connectivity index (χ3n) is 5.84. The molecule has 3 rings (SSSR count). The molecule has 0 atom stereocenters. The van der Waals surface area contributed by atoms with Crippen molar-refractivity contribution >= 4 is 27.4 Å². The number of halogens is 3. The number of carbonyl (C=O) groups is 1. The van der Waals surface area contributed by atoms with Gasteiger partial charge in [0.15, 0.2) is 0 Å². The molecule has 1 heterocycles. The Hall–Kier alpha value is -2.75. The van der Waals surface area contributed by atoms with Crippen molar-refractivity contribution in [3.8, 4) is 0 Å². The summed E-state index contributed by atoms with van der Waals surface area (Å²) in [5.74, 6) is -0.702. The van der Waals surface area contributed by atoms with Gasteiger partial charge < -0.3 is 9.64 Å². The van der Waals surface area contributed by atoms with Crippen LogP contribution in [0.4, 0.5) is 24.5 Å². The molecule has 34 heavy (non-hydrogen) atoms. The molecule has 1 fully saturated rings. The van der Waals surface area contributed by atoms with Crippen LogP contribution in [-0.4, -0.2) is 34.6 Å². The van der Waals surface area contributed by atoms with Crippen molar-refractivity contribution in [3.05, 3.63) is 53.1 Å². The van der Waals surface area contributed by atoms with Crippen molar-refractivity contribution in [2.24, 2.45) is 0 Å². The Kier molecular flexibility index (Phi) is 8.12. The van der Waals surface area contributed by atoms with E-state index in [4.69, 9.17) is 4.74 Å². The van der Waals surface area contributed by atoms with E-state index in [1.807, 2.05) is 11.8 Å². The van der Waals surface area contributed by atoms with Gasteiger partial charge in [-0.3, -0.25) is 4.72 Å². The summed E-state index contributed by atoms with van der Waals surface area (Å²) in [4.78, 5) is 13.8. The fourth-order valence-electron chi connectivity index (χ4n) is 4.03. The maximum atomic E-state index is 13.5. The second-order valence-electron chi connectivity index (χ2n) is 8.30. The van der Waals surface area contributed by atoms with Crippen molar-refractivity contribution in [1.29, 1.82) is 0 Å². The zero-order valence-electron chi connectivity index (χ0n) is 19.2. The van der Waals surface area contributed by atoms with E-state index in [-0.39, 0.29) is 16.1 Å². The predicted molar refractivity (Wildman–Crippen MR) is 125 cm³/mol. The zero-order valence-corrected chi connectivity index (χ0v) is 20.1.